The molecule has 3 rings (SSSR count). The van der Waals surface area contributed by atoms with Crippen LogP contribution in [0.15, 0.2) is 41.5 Å². The van der Waals surface area contributed by atoms with Gasteiger partial charge in [0, 0.05) is 54.8 Å². The van der Waals surface area contributed by atoms with Gasteiger partial charge >= 0.3 is 0 Å². The van der Waals surface area contributed by atoms with Crippen LogP contribution in [0.25, 0.3) is 0 Å². The summed E-state index contributed by atoms with van der Waals surface area (Å²) in [5, 5.41) is 18.8. The number of rotatable bonds is 6. The molecule has 0 fully saturated rings. The van der Waals surface area contributed by atoms with E-state index in [4.69, 9.17) is 0 Å². The second-order valence-corrected chi connectivity index (χ2v) is 7.25. The largest absolute Gasteiger partial charge is 0.391 e. The summed E-state index contributed by atoms with van der Waals surface area (Å²) < 4.78 is 29.5. The number of hydrogen-bond donors (Lipinski definition) is 3. The van der Waals surface area contributed by atoms with Crippen molar-refractivity contribution in [3.63, 3.8) is 0 Å². The number of nitrogens with one attached hydrogen (secondary N) is 1. The zero-order valence-electron chi connectivity index (χ0n) is 15.2. The van der Waals surface area contributed by atoms with Crippen molar-refractivity contribution >= 4 is 12.6 Å². The Balaban J connectivity index is 1.98. The highest BCUT2D eigenvalue weighted by atomic mass is 32.1. The molecule has 0 radical (unpaired) electrons. The summed E-state index contributed by atoms with van der Waals surface area (Å²) >= 11 is 4.54. The number of benzene rings is 1. The molecule has 2 atom stereocenters. The molecule has 9 heteroatoms. The van der Waals surface area contributed by atoms with Gasteiger partial charge in [0.25, 0.3) is 0 Å². The SMILES string of the molecule is CNC1=C(S)CN([C@H](C)[C@](O)(Cn2cncn2)c2ccc(F)cc2F)CC1. The van der Waals surface area contributed by atoms with Crippen LogP contribution in [0.5, 0.6) is 0 Å². The van der Waals surface area contributed by atoms with E-state index in [0.717, 1.165) is 29.2 Å². The maximum Gasteiger partial charge on any atom is 0.137 e. The van der Waals surface area contributed by atoms with Crippen molar-refractivity contribution in [2.24, 2.45) is 0 Å². The molecule has 2 heterocycles. The molecular weight excluding hydrogens is 372 g/mol. The van der Waals surface area contributed by atoms with E-state index in [1.165, 1.54) is 23.4 Å². The molecule has 0 saturated carbocycles. The van der Waals surface area contributed by atoms with Gasteiger partial charge in [0.2, 0.25) is 0 Å². The predicted molar refractivity (Wildman–Crippen MR) is 101 cm³/mol. The number of nitrogens with zero attached hydrogens (tertiary/aromatic N) is 4. The molecular formula is C18H23F2N5OS. The van der Waals surface area contributed by atoms with E-state index in [1.807, 2.05) is 18.9 Å². The lowest BCUT2D eigenvalue weighted by Gasteiger charge is -2.43. The number of thiol groups is 1. The van der Waals surface area contributed by atoms with Crippen molar-refractivity contribution in [2.75, 3.05) is 20.1 Å². The molecule has 27 heavy (non-hydrogen) atoms. The minimum atomic E-state index is -1.64. The minimum absolute atomic E-state index is 0.0161. The molecule has 1 aliphatic heterocycles. The van der Waals surface area contributed by atoms with Gasteiger partial charge in [-0.2, -0.15) is 5.10 Å². The third-order valence-electron chi connectivity index (χ3n) is 5.16. The lowest BCUT2D eigenvalue weighted by molar-refractivity contribution is -0.0621. The first-order valence-electron chi connectivity index (χ1n) is 8.68. The first-order chi connectivity index (χ1) is 12.8. The molecule has 0 spiro atoms. The van der Waals surface area contributed by atoms with E-state index in [-0.39, 0.29) is 12.1 Å². The van der Waals surface area contributed by atoms with Gasteiger partial charge in [0.05, 0.1) is 6.54 Å². The minimum Gasteiger partial charge on any atom is -0.391 e. The highest BCUT2D eigenvalue weighted by Crippen LogP contribution is 2.34. The van der Waals surface area contributed by atoms with Crippen molar-refractivity contribution in [3.8, 4) is 0 Å². The van der Waals surface area contributed by atoms with Gasteiger partial charge in [-0.05, 0) is 13.0 Å². The number of aliphatic hydroxyl groups is 1. The van der Waals surface area contributed by atoms with Crippen LogP contribution in [-0.4, -0.2) is 50.9 Å². The summed E-state index contributed by atoms with van der Waals surface area (Å²) in [6, 6.07) is 2.74. The van der Waals surface area contributed by atoms with Gasteiger partial charge in [-0.3, -0.25) is 4.90 Å². The van der Waals surface area contributed by atoms with Crippen molar-refractivity contribution < 1.29 is 13.9 Å². The van der Waals surface area contributed by atoms with Crippen LogP contribution in [0.2, 0.25) is 0 Å². The van der Waals surface area contributed by atoms with Crippen LogP contribution in [0.1, 0.15) is 18.9 Å². The second-order valence-electron chi connectivity index (χ2n) is 6.71. The maximum atomic E-state index is 14.6. The van der Waals surface area contributed by atoms with E-state index >= 15 is 0 Å². The zero-order chi connectivity index (χ0) is 19.6. The fourth-order valence-corrected chi connectivity index (χ4v) is 3.92. The van der Waals surface area contributed by atoms with Crippen molar-refractivity contribution in [1.82, 2.24) is 25.0 Å². The summed E-state index contributed by atoms with van der Waals surface area (Å²) in [5.74, 6) is -1.48. The topological polar surface area (TPSA) is 66.2 Å². The molecule has 0 bridgehead atoms. The van der Waals surface area contributed by atoms with Gasteiger partial charge in [-0.15, -0.1) is 12.6 Å². The summed E-state index contributed by atoms with van der Waals surface area (Å²) in [6.07, 6.45) is 3.55. The van der Waals surface area contributed by atoms with Gasteiger partial charge in [0.15, 0.2) is 0 Å². The number of hydrogen-bond acceptors (Lipinski definition) is 6. The lowest BCUT2D eigenvalue weighted by atomic mass is 9.85. The lowest BCUT2D eigenvalue weighted by Crippen LogP contribution is -2.53. The Morgan fingerprint density at radius 3 is 2.78 bits per heavy atom. The second kappa shape index (κ2) is 7.95. The van der Waals surface area contributed by atoms with Gasteiger partial charge in [-0.1, -0.05) is 6.07 Å². The van der Waals surface area contributed by atoms with Crippen LogP contribution in [-0.2, 0) is 12.1 Å². The van der Waals surface area contributed by atoms with Gasteiger partial charge in [0.1, 0.15) is 29.9 Å². The standard InChI is InChI=1S/C18H23F2N5OS/c1-12(24-6-5-16(21-2)17(27)8-24)18(26,9-25-11-22-10-23-25)14-4-3-13(19)7-15(14)20/h3-4,7,10-12,21,26-27H,5-6,8-9H2,1-2H3/t12-,18-/m1/s1. The van der Waals surface area contributed by atoms with Crippen LogP contribution in [0, 0.1) is 11.6 Å². The van der Waals surface area contributed by atoms with Crippen molar-refractivity contribution in [1.29, 1.82) is 0 Å². The van der Waals surface area contributed by atoms with E-state index in [2.05, 4.69) is 28.0 Å². The molecule has 2 N–H and O–H groups in total. The van der Waals surface area contributed by atoms with Crippen LogP contribution in [0.3, 0.4) is 0 Å². The van der Waals surface area contributed by atoms with E-state index in [9.17, 15) is 13.9 Å². The highest BCUT2D eigenvalue weighted by Gasteiger charge is 2.42. The maximum absolute atomic E-state index is 14.6. The average molecular weight is 395 g/mol. The molecule has 1 aromatic carbocycles. The summed E-state index contributed by atoms with van der Waals surface area (Å²) in [4.78, 5) is 6.79. The van der Waals surface area contributed by atoms with E-state index in [0.29, 0.717) is 13.1 Å². The Kier molecular flexibility index (Phi) is 5.83. The number of aromatic nitrogens is 3. The van der Waals surface area contributed by atoms with Gasteiger partial charge < -0.3 is 10.4 Å². The van der Waals surface area contributed by atoms with Crippen LogP contribution >= 0.6 is 12.6 Å². The monoisotopic (exact) mass is 395 g/mol. The fraction of sp³-hybridized carbons (Fsp3) is 0.444. The zero-order valence-corrected chi connectivity index (χ0v) is 16.1. The van der Waals surface area contributed by atoms with Crippen molar-refractivity contribution in [3.05, 3.63) is 58.7 Å². The highest BCUT2D eigenvalue weighted by molar-refractivity contribution is 7.84. The molecule has 0 unspecified atom stereocenters. The van der Waals surface area contributed by atoms with Crippen LogP contribution in [0.4, 0.5) is 8.78 Å². The molecule has 0 amide bonds. The third-order valence-corrected chi connectivity index (χ3v) is 5.57. The van der Waals surface area contributed by atoms with Crippen LogP contribution < -0.4 is 5.32 Å². The molecule has 0 aliphatic carbocycles. The molecule has 2 aromatic rings. The average Bonchev–Trinajstić information content (AvgIpc) is 3.13. The Morgan fingerprint density at radius 2 is 2.19 bits per heavy atom. The molecule has 146 valence electrons. The number of halogens is 2. The predicted octanol–water partition coefficient (Wildman–Crippen LogP) is 1.90. The van der Waals surface area contributed by atoms with E-state index < -0.39 is 23.3 Å². The fourth-order valence-electron chi connectivity index (χ4n) is 3.51. The summed E-state index contributed by atoms with van der Waals surface area (Å²) in [6.45, 7) is 3.00. The first-order valence-corrected chi connectivity index (χ1v) is 9.13. The molecule has 6 nitrogen and oxygen atoms in total. The molecule has 0 saturated heterocycles. The molecule has 1 aromatic heterocycles. The summed E-state index contributed by atoms with van der Waals surface area (Å²) in [7, 11) is 1.85. The molecule has 1 aliphatic rings. The Hall–Kier alpha value is -1.97. The smallest absolute Gasteiger partial charge is 0.137 e. The summed E-state index contributed by atoms with van der Waals surface area (Å²) in [5.41, 5.74) is -0.568. The third kappa shape index (κ3) is 3.99. The Bertz CT molecular complexity index is 829. The van der Waals surface area contributed by atoms with Gasteiger partial charge in [-0.25, -0.2) is 18.4 Å². The quantitative estimate of drug-likeness (QED) is 0.652. The first kappa shape index (κ1) is 19.8. The van der Waals surface area contributed by atoms with Crippen molar-refractivity contribution in [2.45, 2.75) is 31.5 Å². The van der Waals surface area contributed by atoms with E-state index in [1.54, 1.807) is 0 Å². The Morgan fingerprint density at radius 1 is 1.41 bits per heavy atom. The Labute approximate surface area is 162 Å². The normalized spacial score (nSPS) is 19.0.